The number of hydrogen-bond acceptors (Lipinski definition) is 4. The van der Waals surface area contributed by atoms with Crippen molar-refractivity contribution in [1.82, 2.24) is 15.0 Å². The summed E-state index contributed by atoms with van der Waals surface area (Å²) in [5, 5.41) is 7.19. The van der Waals surface area contributed by atoms with E-state index in [1.54, 1.807) is 6.92 Å². The minimum absolute atomic E-state index is 0.00114. The van der Waals surface area contributed by atoms with E-state index in [2.05, 4.69) is 10.3 Å². The second kappa shape index (κ2) is 4.38. The fourth-order valence-electron chi connectivity index (χ4n) is 1.76. The molecule has 1 aliphatic carbocycles. The van der Waals surface area contributed by atoms with E-state index in [0.29, 0.717) is 6.42 Å². The first-order valence-electron chi connectivity index (χ1n) is 5.48. The third-order valence-electron chi connectivity index (χ3n) is 2.92. The number of nitrogens with zero attached hydrogens (tertiary/aromatic N) is 3. The lowest BCUT2D eigenvalue weighted by Crippen LogP contribution is -2.41. The highest BCUT2D eigenvalue weighted by Crippen LogP contribution is 2.44. The van der Waals surface area contributed by atoms with Crippen LogP contribution >= 0.6 is 0 Å². The van der Waals surface area contributed by atoms with Crippen molar-refractivity contribution >= 4 is 5.97 Å². The van der Waals surface area contributed by atoms with Crippen LogP contribution in [-0.2, 0) is 11.3 Å². The first-order valence-corrected chi connectivity index (χ1v) is 5.48. The highest BCUT2D eigenvalue weighted by Gasteiger charge is 2.48. The molecular weight excluding hydrogens is 232 g/mol. The molecule has 1 aliphatic rings. The molecule has 0 aromatic carbocycles. The lowest BCUT2D eigenvalue weighted by atomic mass is 9.81. The maximum absolute atomic E-state index is 13.1. The van der Waals surface area contributed by atoms with Crippen molar-refractivity contribution in [3.05, 3.63) is 11.9 Å². The van der Waals surface area contributed by atoms with E-state index < -0.39 is 17.8 Å². The van der Waals surface area contributed by atoms with Crippen molar-refractivity contribution in [2.45, 2.75) is 32.2 Å². The van der Waals surface area contributed by atoms with Crippen LogP contribution < -0.4 is 0 Å². The zero-order chi connectivity index (χ0) is 12.5. The molecule has 2 rings (SSSR count). The predicted octanol–water partition coefficient (Wildman–Crippen LogP) is 1.50. The van der Waals surface area contributed by atoms with Gasteiger partial charge in [0.2, 0.25) is 0 Å². The molecule has 0 bridgehead atoms. The number of carbonyl (C=O) groups is 1. The van der Waals surface area contributed by atoms with Crippen molar-refractivity contribution in [3.63, 3.8) is 0 Å². The normalized spacial score (nSPS) is 21.9. The van der Waals surface area contributed by atoms with Crippen molar-refractivity contribution < 1.29 is 18.3 Å². The van der Waals surface area contributed by atoms with Crippen molar-refractivity contribution in [1.29, 1.82) is 0 Å². The molecule has 0 N–H and O–H groups in total. The molecule has 1 fully saturated rings. The number of rotatable bonds is 4. The van der Waals surface area contributed by atoms with Crippen molar-refractivity contribution in [2.75, 3.05) is 6.61 Å². The zero-order valence-corrected chi connectivity index (χ0v) is 9.40. The molecule has 1 unspecified atom stereocenters. The Morgan fingerprint density at radius 1 is 1.71 bits per heavy atom. The summed E-state index contributed by atoms with van der Waals surface area (Å²) >= 11 is 0. The Balaban J connectivity index is 2.07. The molecule has 5 nitrogen and oxygen atoms in total. The summed E-state index contributed by atoms with van der Waals surface area (Å²) in [5.41, 5.74) is 0.120. The van der Waals surface area contributed by atoms with E-state index in [4.69, 9.17) is 4.74 Å². The molecule has 1 atom stereocenters. The molecule has 0 spiro atoms. The van der Waals surface area contributed by atoms with Gasteiger partial charge in [-0.1, -0.05) is 5.21 Å². The number of alkyl halides is 2. The average Bonchev–Trinajstić information content (AvgIpc) is 2.73. The maximum Gasteiger partial charge on any atom is 0.358 e. The number of hydrogen-bond donors (Lipinski definition) is 0. The van der Waals surface area contributed by atoms with Crippen LogP contribution in [0.1, 0.15) is 30.3 Å². The second-order valence-corrected chi connectivity index (χ2v) is 4.02. The minimum atomic E-state index is -2.65. The van der Waals surface area contributed by atoms with Crippen LogP contribution in [0.15, 0.2) is 6.20 Å². The van der Waals surface area contributed by atoms with Gasteiger partial charge in [0, 0.05) is 12.3 Å². The van der Waals surface area contributed by atoms with Crippen LogP contribution in [-0.4, -0.2) is 33.5 Å². The summed E-state index contributed by atoms with van der Waals surface area (Å²) in [6, 6.07) is 0. The highest BCUT2D eigenvalue weighted by atomic mass is 19.3. The fourth-order valence-corrected chi connectivity index (χ4v) is 1.76. The molecule has 0 radical (unpaired) electrons. The quantitative estimate of drug-likeness (QED) is 0.754. The van der Waals surface area contributed by atoms with E-state index in [-0.39, 0.29) is 25.3 Å². The van der Waals surface area contributed by atoms with E-state index in [1.807, 2.05) is 0 Å². The SMILES string of the molecule is CCOC(=O)c1cnnn1CC1CCC1(F)F. The third kappa shape index (κ3) is 2.27. The number of halogens is 2. The zero-order valence-electron chi connectivity index (χ0n) is 9.40. The van der Waals surface area contributed by atoms with Gasteiger partial charge in [-0.05, 0) is 13.3 Å². The van der Waals surface area contributed by atoms with Gasteiger partial charge in [0.15, 0.2) is 5.69 Å². The number of esters is 1. The topological polar surface area (TPSA) is 57.0 Å². The van der Waals surface area contributed by atoms with Crippen LogP contribution in [0.25, 0.3) is 0 Å². The van der Waals surface area contributed by atoms with Crippen LogP contribution in [0.2, 0.25) is 0 Å². The molecular formula is C10H13F2N3O2. The van der Waals surface area contributed by atoms with Crippen molar-refractivity contribution in [2.24, 2.45) is 5.92 Å². The second-order valence-electron chi connectivity index (χ2n) is 4.02. The molecule has 17 heavy (non-hydrogen) atoms. The summed E-state index contributed by atoms with van der Waals surface area (Å²) in [6.07, 6.45) is 1.57. The van der Waals surface area contributed by atoms with Gasteiger partial charge in [-0.25, -0.2) is 18.3 Å². The molecule has 1 saturated carbocycles. The maximum atomic E-state index is 13.1. The van der Waals surface area contributed by atoms with E-state index in [0.717, 1.165) is 0 Å². The van der Waals surface area contributed by atoms with E-state index >= 15 is 0 Å². The van der Waals surface area contributed by atoms with Gasteiger partial charge in [0.1, 0.15) is 0 Å². The number of aromatic nitrogens is 3. The van der Waals surface area contributed by atoms with Gasteiger partial charge < -0.3 is 4.74 Å². The van der Waals surface area contributed by atoms with Gasteiger partial charge in [0.05, 0.1) is 19.3 Å². The Labute approximate surface area is 96.7 Å². The Hall–Kier alpha value is -1.53. The first-order chi connectivity index (χ1) is 8.04. The lowest BCUT2D eigenvalue weighted by molar-refractivity contribution is -0.138. The molecule has 0 saturated heterocycles. The Morgan fingerprint density at radius 3 is 3.00 bits per heavy atom. The van der Waals surface area contributed by atoms with E-state index in [1.165, 1.54) is 10.9 Å². The van der Waals surface area contributed by atoms with Crippen LogP contribution in [0.4, 0.5) is 8.78 Å². The fraction of sp³-hybridized carbons (Fsp3) is 0.700. The summed E-state index contributed by atoms with van der Waals surface area (Å²) < 4.78 is 32.2. The molecule has 94 valence electrons. The molecule has 1 heterocycles. The summed E-state index contributed by atoms with van der Waals surface area (Å²) in [6.45, 7) is 1.90. The van der Waals surface area contributed by atoms with Crippen molar-refractivity contribution in [3.8, 4) is 0 Å². The van der Waals surface area contributed by atoms with Gasteiger partial charge in [-0.15, -0.1) is 5.10 Å². The van der Waals surface area contributed by atoms with Gasteiger partial charge in [0.25, 0.3) is 5.92 Å². The lowest BCUT2D eigenvalue weighted by Gasteiger charge is -2.36. The number of ether oxygens (including phenoxy) is 1. The minimum Gasteiger partial charge on any atom is -0.461 e. The van der Waals surface area contributed by atoms with Gasteiger partial charge in [-0.3, -0.25) is 0 Å². The Bertz CT molecular complexity index is 419. The predicted molar refractivity (Wildman–Crippen MR) is 53.6 cm³/mol. The average molecular weight is 245 g/mol. The molecule has 1 aromatic rings. The standard InChI is InChI=1S/C10H13F2N3O2/c1-2-17-9(16)8-5-13-14-15(8)6-7-3-4-10(7,11)12/h5,7H,2-4,6H2,1H3. The van der Waals surface area contributed by atoms with Crippen LogP contribution in [0, 0.1) is 5.92 Å². The summed E-state index contributed by atoms with van der Waals surface area (Å²) in [7, 11) is 0. The van der Waals surface area contributed by atoms with Crippen LogP contribution in [0.3, 0.4) is 0 Å². The summed E-state index contributed by atoms with van der Waals surface area (Å²) in [5.74, 6) is -4.00. The molecule has 0 amide bonds. The van der Waals surface area contributed by atoms with Gasteiger partial charge >= 0.3 is 5.97 Å². The molecule has 7 heteroatoms. The number of carbonyl (C=O) groups excluding carboxylic acids is 1. The Morgan fingerprint density at radius 2 is 2.47 bits per heavy atom. The summed E-state index contributed by atoms with van der Waals surface area (Å²) in [4.78, 5) is 11.5. The highest BCUT2D eigenvalue weighted by molar-refractivity contribution is 5.87. The van der Waals surface area contributed by atoms with Gasteiger partial charge in [-0.2, -0.15) is 0 Å². The Kier molecular flexibility index (Phi) is 3.08. The molecule has 1 aromatic heterocycles. The van der Waals surface area contributed by atoms with E-state index in [9.17, 15) is 13.6 Å². The molecule has 0 aliphatic heterocycles. The largest absolute Gasteiger partial charge is 0.461 e. The first kappa shape index (κ1) is 11.9. The smallest absolute Gasteiger partial charge is 0.358 e. The third-order valence-corrected chi connectivity index (χ3v) is 2.92. The monoisotopic (exact) mass is 245 g/mol. The van der Waals surface area contributed by atoms with Crippen LogP contribution in [0.5, 0.6) is 0 Å².